The van der Waals surface area contributed by atoms with Crippen LogP contribution >= 0.6 is 11.3 Å². The molecule has 0 aliphatic carbocycles. The number of carbonyl (C=O) groups excluding carboxylic acids is 1. The molecule has 5 heteroatoms. The van der Waals surface area contributed by atoms with Gasteiger partial charge in [-0.15, -0.1) is 0 Å². The maximum atomic E-state index is 11.1. The number of carbonyl (C=O) groups is 1. The van der Waals surface area contributed by atoms with Crippen LogP contribution in [-0.4, -0.2) is 36.6 Å². The minimum Gasteiger partial charge on any atom is -0.377 e. The second kappa shape index (κ2) is 5.36. The molecule has 2 rings (SSSR count). The van der Waals surface area contributed by atoms with Crippen LogP contribution in [0.15, 0.2) is 0 Å². The number of hydrogen-bond donors (Lipinski definition) is 0. The Morgan fingerprint density at radius 2 is 2.33 bits per heavy atom. The van der Waals surface area contributed by atoms with Crippen LogP contribution in [0, 0.1) is 0 Å². The van der Waals surface area contributed by atoms with E-state index in [0.717, 1.165) is 48.0 Å². The number of morpholine rings is 1. The lowest BCUT2D eigenvalue weighted by atomic mass is 10.0. The number of thiazole rings is 1. The molecule has 0 bridgehead atoms. The first-order chi connectivity index (χ1) is 8.58. The zero-order valence-corrected chi connectivity index (χ0v) is 12.0. The Labute approximate surface area is 112 Å². The molecule has 0 spiro atoms. The smallest absolute Gasteiger partial charge is 0.186 e. The Bertz CT molecular complexity index is 429. The fourth-order valence-corrected chi connectivity index (χ4v) is 3.30. The van der Waals surface area contributed by atoms with Crippen molar-refractivity contribution >= 4 is 22.8 Å². The normalized spacial score (nSPS) is 18.9. The summed E-state index contributed by atoms with van der Waals surface area (Å²) < 4.78 is 5.51. The zero-order valence-electron chi connectivity index (χ0n) is 11.2. The van der Waals surface area contributed by atoms with E-state index >= 15 is 0 Å². The van der Waals surface area contributed by atoms with Crippen molar-refractivity contribution in [1.82, 2.24) is 4.98 Å². The van der Waals surface area contributed by atoms with Gasteiger partial charge in [-0.3, -0.25) is 4.79 Å². The van der Waals surface area contributed by atoms with Crippen LogP contribution in [0.3, 0.4) is 0 Å². The highest BCUT2D eigenvalue weighted by atomic mass is 32.1. The third-order valence-corrected chi connectivity index (χ3v) is 4.23. The predicted molar refractivity (Wildman–Crippen MR) is 73.7 cm³/mol. The van der Waals surface area contributed by atoms with E-state index in [1.807, 2.05) is 0 Å². The van der Waals surface area contributed by atoms with Crippen LogP contribution in [0.2, 0.25) is 0 Å². The maximum Gasteiger partial charge on any atom is 0.186 e. The number of aryl methyl sites for hydroxylation is 1. The van der Waals surface area contributed by atoms with E-state index in [9.17, 15) is 4.79 Å². The van der Waals surface area contributed by atoms with Crippen molar-refractivity contribution in [2.24, 2.45) is 0 Å². The summed E-state index contributed by atoms with van der Waals surface area (Å²) in [4.78, 5) is 18.8. The molecule has 0 aromatic carbocycles. The Morgan fingerprint density at radius 1 is 1.56 bits per heavy atom. The summed E-state index contributed by atoms with van der Waals surface area (Å²) in [7, 11) is 0. The number of ether oxygens (including phenoxy) is 1. The Morgan fingerprint density at radius 3 is 2.94 bits per heavy atom. The minimum absolute atomic E-state index is 0.0558. The van der Waals surface area contributed by atoms with Crippen molar-refractivity contribution in [3.8, 4) is 0 Å². The van der Waals surface area contributed by atoms with Gasteiger partial charge in [0.25, 0.3) is 0 Å². The van der Waals surface area contributed by atoms with E-state index in [0.29, 0.717) is 6.61 Å². The lowest BCUT2D eigenvalue weighted by molar-refractivity contribution is 0.0643. The predicted octanol–water partition coefficient (Wildman–Crippen LogP) is 2.52. The van der Waals surface area contributed by atoms with E-state index in [-0.39, 0.29) is 5.54 Å². The third kappa shape index (κ3) is 2.57. The molecule has 0 unspecified atom stereocenters. The summed E-state index contributed by atoms with van der Waals surface area (Å²) in [5, 5.41) is 0.953. The second-order valence-corrected chi connectivity index (χ2v) is 6.20. The molecular formula is C13H20N2O2S. The van der Waals surface area contributed by atoms with Gasteiger partial charge in [0.05, 0.1) is 29.3 Å². The van der Waals surface area contributed by atoms with Gasteiger partial charge in [-0.25, -0.2) is 4.98 Å². The first-order valence-electron chi connectivity index (χ1n) is 6.38. The highest BCUT2D eigenvalue weighted by Crippen LogP contribution is 2.32. The fourth-order valence-electron chi connectivity index (χ4n) is 2.19. The molecule has 0 N–H and O–H groups in total. The van der Waals surface area contributed by atoms with Gasteiger partial charge in [-0.2, -0.15) is 0 Å². The van der Waals surface area contributed by atoms with Gasteiger partial charge in [0.1, 0.15) is 0 Å². The van der Waals surface area contributed by atoms with Crippen LogP contribution in [0.4, 0.5) is 5.13 Å². The molecule has 1 aromatic rings. The quantitative estimate of drug-likeness (QED) is 0.787. The van der Waals surface area contributed by atoms with E-state index in [4.69, 9.17) is 4.74 Å². The number of anilines is 1. The lowest BCUT2D eigenvalue weighted by Gasteiger charge is -2.42. The summed E-state index contributed by atoms with van der Waals surface area (Å²) >= 11 is 1.50. The Balaban J connectivity index is 2.29. The van der Waals surface area contributed by atoms with Gasteiger partial charge in [-0.1, -0.05) is 24.7 Å². The molecule has 0 atom stereocenters. The summed E-state index contributed by atoms with van der Waals surface area (Å²) in [6, 6.07) is 0. The number of rotatable bonds is 4. The lowest BCUT2D eigenvalue weighted by Crippen LogP contribution is -2.53. The summed E-state index contributed by atoms with van der Waals surface area (Å²) in [6.45, 7) is 8.66. The summed E-state index contributed by atoms with van der Waals surface area (Å²) in [5.74, 6) is 0. The second-order valence-electron chi connectivity index (χ2n) is 5.19. The van der Waals surface area contributed by atoms with Crippen LogP contribution in [-0.2, 0) is 11.2 Å². The van der Waals surface area contributed by atoms with Crippen LogP contribution in [0.5, 0.6) is 0 Å². The molecule has 18 heavy (non-hydrogen) atoms. The molecule has 0 amide bonds. The topological polar surface area (TPSA) is 42.4 Å². The van der Waals surface area contributed by atoms with Gasteiger partial charge >= 0.3 is 0 Å². The van der Waals surface area contributed by atoms with Crippen molar-refractivity contribution in [2.45, 2.75) is 39.2 Å². The highest BCUT2D eigenvalue weighted by Gasteiger charge is 2.33. The van der Waals surface area contributed by atoms with Gasteiger partial charge in [0.15, 0.2) is 11.4 Å². The van der Waals surface area contributed by atoms with Crippen LogP contribution in [0.25, 0.3) is 0 Å². The van der Waals surface area contributed by atoms with Crippen LogP contribution < -0.4 is 4.90 Å². The van der Waals surface area contributed by atoms with E-state index in [1.165, 1.54) is 11.3 Å². The Kier molecular flexibility index (Phi) is 4.02. The van der Waals surface area contributed by atoms with Gasteiger partial charge in [-0.05, 0) is 20.3 Å². The highest BCUT2D eigenvalue weighted by molar-refractivity contribution is 7.17. The van der Waals surface area contributed by atoms with Crippen molar-refractivity contribution in [2.75, 3.05) is 24.7 Å². The maximum absolute atomic E-state index is 11.1. The summed E-state index contributed by atoms with van der Waals surface area (Å²) in [6.07, 6.45) is 2.81. The monoisotopic (exact) mass is 268 g/mol. The van der Waals surface area contributed by atoms with E-state index in [1.54, 1.807) is 0 Å². The molecule has 4 nitrogen and oxygen atoms in total. The number of aromatic nitrogens is 1. The first-order valence-corrected chi connectivity index (χ1v) is 7.20. The molecule has 1 aromatic heterocycles. The molecule has 0 radical (unpaired) electrons. The van der Waals surface area contributed by atoms with Crippen molar-refractivity contribution < 1.29 is 9.53 Å². The van der Waals surface area contributed by atoms with E-state index in [2.05, 4.69) is 30.7 Å². The SMILES string of the molecule is CCCc1nc(N2CCOCC2(C)C)sc1C=O. The molecule has 1 aliphatic heterocycles. The number of aldehydes is 1. The molecule has 0 saturated carbocycles. The summed E-state index contributed by atoms with van der Waals surface area (Å²) in [5.41, 5.74) is 0.884. The van der Waals surface area contributed by atoms with Crippen molar-refractivity contribution in [3.05, 3.63) is 10.6 Å². The zero-order chi connectivity index (χ0) is 13.2. The third-order valence-electron chi connectivity index (χ3n) is 3.19. The molecule has 1 saturated heterocycles. The number of nitrogens with zero attached hydrogens (tertiary/aromatic N) is 2. The van der Waals surface area contributed by atoms with Gasteiger partial charge in [0, 0.05) is 6.54 Å². The van der Waals surface area contributed by atoms with E-state index < -0.39 is 0 Å². The van der Waals surface area contributed by atoms with Crippen molar-refractivity contribution in [3.63, 3.8) is 0 Å². The molecular weight excluding hydrogens is 248 g/mol. The van der Waals surface area contributed by atoms with Crippen LogP contribution in [0.1, 0.15) is 42.6 Å². The average Bonchev–Trinajstić information content (AvgIpc) is 2.72. The van der Waals surface area contributed by atoms with Gasteiger partial charge in [0.2, 0.25) is 0 Å². The first kappa shape index (κ1) is 13.5. The van der Waals surface area contributed by atoms with Crippen molar-refractivity contribution in [1.29, 1.82) is 0 Å². The Hall–Kier alpha value is -0.940. The fraction of sp³-hybridized carbons (Fsp3) is 0.692. The molecule has 100 valence electrons. The minimum atomic E-state index is -0.0558. The van der Waals surface area contributed by atoms with Gasteiger partial charge < -0.3 is 9.64 Å². The molecule has 2 heterocycles. The largest absolute Gasteiger partial charge is 0.377 e. The number of hydrogen-bond acceptors (Lipinski definition) is 5. The molecule has 1 aliphatic rings. The standard InChI is InChI=1S/C13H20N2O2S/c1-4-5-10-11(8-16)18-12(14-10)15-6-7-17-9-13(15,2)3/h8H,4-7,9H2,1-3H3. The molecule has 1 fully saturated rings. The average molecular weight is 268 g/mol.